The molecule has 0 amide bonds. The van der Waals surface area contributed by atoms with Crippen LogP contribution in [-0.4, -0.2) is 19.4 Å². The van der Waals surface area contributed by atoms with E-state index in [1.165, 1.54) is 5.69 Å². The summed E-state index contributed by atoms with van der Waals surface area (Å²) in [5.74, 6) is 0.259. The van der Waals surface area contributed by atoms with E-state index in [0.717, 1.165) is 37.9 Å². The van der Waals surface area contributed by atoms with Gasteiger partial charge in [0, 0.05) is 30.4 Å². The average Bonchev–Trinajstić information content (AvgIpc) is 2.30. The zero-order chi connectivity index (χ0) is 10.7. The van der Waals surface area contributed by atoms with Crippen LogP contribution in [0.4, 0.5) is 11.4 Å². The Labute approximate surface area is 89.9 Å². The molecule has 0 unspecified atom stereocenters. The van der Waals surface area contributed by atoms with Crippen LogP contribution in [0.1, 0.15) is 12.8 Å². The molecule has 1 fully saturated rings. The molecular weight excluding hydrogens is 188 g/mol. The number of nitrogen functional groups attached to an aromatic ring is 1. The van der Waals surface area contributed by atoms with Crippen LogP contribution >= 0.6 is 0 Å². The van der Waals surface area contributed by atoms with Crippen molar-refractivity contribution in [2.24, 2.45) is 5.92 Å². The molecule has 1 aromatic rings. The van der Waals surface area contributed by atoms with Crippen LogP contribution in [0.15, 0.2) is 24.3 Å². The number of piperidine rings is 1. The van der Waals surface area contributed by atoms with Crippen LogP contribution < -0.4 is 10.6 Å². The number of hydrogen-bond donors (Lipinski definition) is 1. The highest BCUT2D eigenvalue weighted by atomic mass is 16.1. The molecule has 3 nitrogen and oxygen atoms in total. The van der Waals surface area contributed by atoms with E-state index in [1.807, 2.05) is 24.3 Å². The molecule has 0 spiro atoms. The quantitative estimate of drug-likeness (QED) is 0.589. The fourth-order valence-corrected chi connectivity index (χ4v) is 1.98. The highest BCUT2D eigenvalue weighted by Gasteiger charge is 2.18. The zero-order valence-electron chi connectivity index (χ0n) is 8.73. The van der Waals surface area contributed by atoms with Crippen LogP contribution in [0.25, 0.3) is 0 Å². The lowest BCUT2D eigenvalue weighted by atomic mass is 9.98. The minimum absolute atomic E-state index is 0.259. The zero-order valence-corrected chi connectivity index (χ0v) is 8.73. The fraction of sp³-hybridized carbons (Fsp3) is 0.417. The molecule has 2 N–H and O–H groups in total. The number of carbonyl (C=O) groups excluding carboxylic acids is 1. The van der Waals surface area contributed by atoms with Gasteiger partial charge in [-0.05, 0) is 37.1 Å². The van der Waals surface area contributed by atoms with Gasteiger partial charge in [-0.3, -0.25) is 0 Å². The Balaban J connectivity index is 2.01. The average molecular weight is 204 g/mol. The molecule has 3 heteroatoms. The van der Waals surface area contributed by atoms with E-state index in [0.29, 0.717) is 0 Å². The number of nitrogens with two attached hydrogens (primary N) is 1. The molecular formula is C12H16N2O. The monoisotopic (exact) mass is 204 g/mol. The van der Waals surface area contributed by atoms with Crippen molar-refractivity contribution in [1.82, 2.24) is 0 Å². The summed E-state index contributed by atoms with van der Waals surface area (Å²) in [6.07, 6.45) is 3.02. The summed E-state index contributed by atoms with van der Waals surface area (Å²) in [6, 6.07) is 7.91. The molecule has 0 radical (unpaired) electrons. The summed E-state index contributed by atoms with van der Waals surface area (Å²) in [5.41, 5.74) is 7.63. The third kappa shape index (κ3) is 2.29. The van der Waals surface area contributed by atoms with E-state index in [2.05, 4.69) is 4.90 Å². The summed E-state index contributed by atoms with van der Waals surface area (Å²) in [4.78, 5) is 12.9. The SMILES string of the molecule is Nc1ccc(N2CCC(C=O)CC2)cc1. The Hall–Kier alpha value is -1.51. The van der Waals surface area contributed by atoms with Crippen molar-refractivity contribution >= 4 is 17.7 Å². The van der Waals surface area contributed by atoms with Crippen molar-refractivity contribution in [3.8, 4) is 0 Å². The van der Waals surface area contributed by atoms with Gasteiger partial charge in [0.1, 0.15) is 6.29 Å². The highest BCUT2D eigenvalue weighted by molar-refractivity contribution is 5.56. The van der Waals surface area contributed by atoms with E-state index in [9.17, 15) is 4.79 Å². The van der Waals surface area contributed by atoms with Crippen LogP contribution in [0.5, 0.6) is 0 Å². The summed E-state index contributed by atoms with van der Waals surface area (Å²) in [5, 5.41) is 0. The minimum atomic E-state index is 0.259. The van der Waals surface area contributed by atoms with Gasteiger partial charge >= 0.3 is 0 Å². The Bertz CT molecular complexity index is 326. The molecule has 80 valence electrons. The molecule has 1 saturated heterocycles. The molecule has 1 aliphatic heterocycles. The van der Waals surface area contributed by atoms with Crippen molar-refractivity contribution in [2.45, 2.75) is 12.8 Å². The number of rotatable bonds is 2. The Morgan fingerprint density at radius 3 is 2.33 bits per heavy atom. The van der Waals surface area contributed by atoms with Crippen LogP contribution in [-0.2, 0) is 4.79 Å². The van der Waals surface area contributed by atoms with Crippen molar-refractivity contribution in [3.63, 3.8) is 0 Å². The summed E-state index contributed by atoms with van der Waals surface area (Å²) < 4.78 is 0. The second-order valence-electron chi connectivity index (χ2n) is 4.05. The van der Waals surface area contributed by atoms with Gasteiger partial charge in [0.2, 0.25) is 0 Å². The van der Waals surface area contributed by atoms with Crippen molar-refractivity contribution in [3.05, 3.63) is 24.3 Å². The Kier molecular flexibility index (Phi) is 2.90. The van der Waals surface area contributed by atoms with Crippen LogP contribution in [0.3, 0.4) is 0 Å². The number of aldehydes is 1. The summed E-state index contributed by atoms with van der Waals surface area (Å²) >= 11 is 0. The predicted octanol–water partition coefficient (Wildman–Crippen LogP) is 1.68. The predicted molar refractivity (Wildman–Crippen MR) is 61.9 cm³/mol. The first-order valence-electron chi connectivity index (χ1n) is 5.35. The van der Waals surface area contributed by atoms with Crippen molar-refractivity contribution in [2.75, 3.05) is 23.7 Å². The van der Waals surface area contributed by atoms with Crippen molar-refractivity contribution in [1.29, 1.82) is 0 Å². The van der Waals surface area contributed by atoms with E-state index in [4.69, 9.17) is 5.73 Å². The largest absolute Gasteiger partial charge is 0.399 e. The van der Waals surface area contributed by atoms with Gasteiger partial charge in [0.05, 0.1) is 0 Å². The third-order valence-corrected chi connectivity index (χ3v) is 2.99. The number of hydrogen-bond acceptors (Lipinski definition) is 3. The molecule has 0 atom stereocenters. The summed E-state index contributed by atoms with van der Waals surface area (Å²) in [7, 11) is 0. The lowest BCUT2D eigenvalue weighted by Gasteiger charge is -2.31. The minimum Gasteiger partial charge on any atom is -0.399 e. The van der Waals surface area contributed by atoms with Gasteiger partial charge in [-0.15, -0.1) is 0 Å². The second kappa shape index (κ2) is 4.34. The number of carbonyl (C=O) groups is 1. The lowest BCUT2D eigenvalue weighted by molar-refractivity contribution is -0.111. The first-order chi connectivity index (χ1) is 7.29. The Morgan fingerprint density at radius 1 is 1.20 bits per heavy atom. The second-order valence-corrected chi connectivity index (χ2v) is 4.05. The van der Waals surface area contributed by atoms with E-state index >= 15 is 0 Å². The molecule has 2 rings (SSSR count). The first-order valence-corrected chi connectivity index (χ1v) is 5.35. The van der Waals surface area contributed by atoms with Gasteiger partial charge in [0.15, 0.2) is 0 Å². The molecule has 0 saturated carbocycles. The molecule has 1 aliphatic rings. The maximum absolute atomic E-state index is 10.6. The molecule has 0 aliphatic carbocycles. The highest BCUT2D eigenvalue weighted by Crippen LogP contribution is 2.22. The number of anilines is 2. The molecule has 0 bridgehead atoms. The lowest BCUT2D eigenvalue weighted by Crippen LogP contribution is -2.33. The maximum Gasteiger partial charge on any atom is 0.123 e. The van der Waals surface area contributed by atoms with Crippen molar-refractivity contribution < 1.29 is 4.79 Å². The van der Waals surface area contributed by atoms with Gasteiger partial charge in [-0.25, -0.2) is 0 Å². The normalized spacial score (nSPS) is 17.7. The smallest absolute Gasteiger partial charge is 0.123 e. The Morgan fingerprint density at radius 2 is 1.80 bits per heavy atom. The molecule has 0 aromatic heterocycles. The molecule has 1 heterocycles. The van der Waals surface area contributed by atoms with E-state index in [-0.39, 0.29) is 5.92 Å². The number of nitrogens with zero attached hydrogens (tertiary/aromatic N) is 1. The van der Waals surface area contributed by atoms with Crippen LogP contribution in [0, 0.1) is 5.92 Å². The van der Waals surface area contributed by atoms with E-state index in [1.54, 1.807) is 0 Å². The summed E-state index contributed by atoms with van der Waals surface area (Å²) in [6.45, 7) is 1.93. The molecule has 1 aromatic carbocycles. The molecule has 15 heavy (non-hydrogen) atoms. The van der Waals surface area contributed by atoms with E-state index < -0.39 is 0 Å². The first kappa shape index (κ1) is 10.0. The third-order valence-electron chi connectivity index (χ3n) is 2.99. The maximum atomic E-state index is 10.6. The topological polar surface area (TPSA) is 46.3 Å². The standard InChI is InChI=1S/C12H16N2O/c13-11-1-3-12(4-2-11)14-7-5-10(9-15)6-8-14/h1-4,9-10H,5-8,13H2. The fourth-order valence-electron chi connectivity index (χ4n) is 1.98. The van der Waals surface area contributed by atoms with Gasteiger partial charge in [-0.1, -0.05) is 0 Å². The van der Waals surface area contributed by atoms with Crippen LogP contribution in [0.2, 0.25) is 0 Å². The number of benzene rings is 1. The van der Waals surface area contributed by atoms with Gasteiger partial charge in [0.25, 0.3) is 0 Å². The van der Waals surface area contributed by atoms with Gasteiger partial charge < -0.3 is 15.4 Å². The van der Waals surface area contributed by atoms with Gasteiger partial charge in [-0.2, -0.15) is 0 Å².